The average molecular weight is 328 g/mol. The van der Waals surface area contributed by atoms with Gasteiger partial charge in [0.05, 0.1) is 7.11 Å². The van der Waals surface area contributed by atoms with Crippen molar-refractivity contribution in [3.63, 3.8) is 0 Å². The van der Waals surface area contributed by atoms with Crippen molar-refractivity contribution in [1.82, 2.24) is 19.4 Å². The van der Waals surface area contributed by atoms with Gasteiger partial charge in [0.25, 0.3) is 5.91 Å². The molecule has 0 spiro atoms. The number of carbonyl (C=O) groups excluding carboxylic acids is 1. The van der Waals surface area contributed by atoms with Crippen LogP contribution in [0, 0.1) is 6.92 Å². The van der Waals surface area contributed by atoms with Gasteiger partial charge in [-0.05, 0) is 31.2 Å². The Balaban J connectivity index is 1.49. The molecule has 1 aliphatic heterocycles. The molecule has 1 aromatic carbocycles. The van der Waals surface area contributed by atoms with Gasteiger partial charge in [-0.2, -0.15) is 0 Å². The second-order valence-corrected chi connectivity index (χ2v) is 6.03. The van der Waals surface area contributed by atoms with Crippen LogP contribution < -0.4 is 4.74 Å². The minimum Gasteiger partial charge on any atom is -0.497 e. The first-order valence-electron chi connectivity index (χ1n) is 8.31. The maximum Gasteiger partial charge on any atom is 0.253 e. The summed E-state index contributed by atoms with van der Waals surface area (Å²) in [5, 5.41) is 0. The molecule has 2 aromatic rings. The summed E-state index contributed by atoms with van der Waals surface area (Å²) in [6, 6.07) is 7.32. The predicted octanol–water partition coefficient (Wildman–Crippen LogP) is 1.66. The minimum atomic E-state index is 0.0998. The van der Waals surface area contributed by atoms with Crippen molar-refractivity contribution < 1.29 is 9.53 Å². The first-order valence-corrected chi connectivity index (χ1v) is 8.31. The lowest BCUT2D eigenvalue weighted by molar-refractivity contribution is 0.0633. The second kappa shape index (κ2) is 7.49. The fourth-order valence-electron chi connectivity index (χ4n) is 2.98. The summed E-state index contributed by atoms with van der Waals surface area (Å²) in [6.07, 6.45) is 3.85. The van der Waals surface area contributed by atoms with Gasteiger partial charge in [-0.25, -0.2) is 4.98 Å². The molecule has 0 atom stereocenters. The molecule has 0 unspecified atom stereocenters. The predicted molar refractivity (Wildman–Crippen MR) is 92.3 cm³/mol. The molecule has 1 saturated heterocycles. The number of hydrogen-bond acceptors (Lipinski definition) is 4. The smallest absolute Gasteiger partial charge is 0.253 e. The Morgan fingerprint density at radius 2 is 1.83 bits per heavy atom. The van der Waals surface area contributed by atoms with Crippen molar-refractivity contribution >= 4 is 5.91 Å². The van der Waals surface area contributed by atoms with Crippen molar-refractivity contribution in [2.24, 2.45) is 0 Å². The van der Waals surface area contributed by atoms with Crippen LogP contribution in [0.5, 0.6) is 5.75 Å². The molecule has 2 heterocycles. The average Bonchev–Trinajstić information content (AvgIpc) is 3.05. The summed E-state index contributed by atoms with van der Waals surface area (Å²) in [5.74, 6) is 1.91. The van der Waals surface area contributed by atoms with Crippen molar-refractivity contribution in [1.29, 1.82) is 0 Å². The summed E-state index contributed by atoms with van der Waals surface area (Å²) in [6.45, 7) is 7.32. The van der Waals surface area contributed by atoms with Crippen LogP contribution in [0.4, 0.5) is 0 Å². The number of aromatic nitrogens is 2. The van der Waals surface area contributed by atoms with Gasteiger partial charge in [0, 0.05) is 57.2 Å². The van der Waals surface area contributed by atoms with Crippen LogP contribution in [-0.2, 0) is 6.54 Å². The van der Waals surface area contributed by atoms with Gasteiger partial charge in [0.2, 0.25) is 0 Å². The maximum absolute atomic E-state index is 12.5. The van der Waals surface area contributed by atoms with Crippen LogP contribution in [0.2, 0.25) is 0 Å². The summed E-state index contributed by atoms with van der Waals surface area (Å²) >= 11 is 0. The molecule has 3 rings (SSSR count). The van der Waals surface area contributed by atoms with Crippen LogP contribution in [-0.4, -0.2) is 65.1 Å². The number of hydrogen-bond donors (Lipinski definition) is 0. The summed E-state index contributed by atoms with van der Waals surface area (Å²) in [7, 11) is 1.63. The van der Waals surface area contributed by atoms with E-state index in [0.717, 1.165) is 56.4 Å². The van der Waals surface area contributed by atoms with E-state index in [1.54, 1.807) is 7.11 Å². The molecule has 0 bridgehead atoms. The van der Waals surface area contributed by atoms with Gasteiger partial charge in [0.1, 0.15) is 11.6 Å². The van der Waals surface area contributed by atoms with Gasteiger partial charge in [-0.3, -0.25) is 9.69 Å². The van der Waals surface area contributed by atoms with Crippen molar-refractivity contribution in [3.8, 4) is 5.75 Å². The second-order valence-electron chi connectivity index (χ2n) is 6.03. The Morgan fingerprint density at radius 3 is 2.42 bits per heavy atom. The highest BCUT2D eigenvalue weighted by Crippen LogP contribution is 2.14. The first kappa shape index (κ1) is 16.5. The monoisotopic (exact) mass is 328 g/mol. The van der Waals surface area contributed by atoms with Gasteiger partial charge in [-0.15, -0.1) is 0 Å². The lowest BCUT2D eigenvalue weighted by atomic mass is 10.1. The zero-order valence-electron chi connectivity index (χ0n) is 14.3. The van der Waals surface area contributed by atoms with Crippen LogP contribution in [0.1, 0.15) is 16.2 Å². The van der Waals surface area contributed by atoms with E-state index < -0.39 is 0 Å². The van der Waals surface area contributed by atoms with E-state index in [9.17, 15) is 4.79 Å². The molecule has 128 valence electrons. The number of rotatable bonds is 5. The van der Waals surface area contributed by atoms with Gasteiger partial charge >= 0.3 is 0 Å². The number of ether oxygens (including phenoxy) is 1. The Hall–Kier alpha value is -2.34. The number of methoxy groups -OCH3 is 1. The molecule has 1 fully saturated rings. The van der Waals surface area contributed by atoms with E-state index >= 15 is 0 Å². The molecule has 6 nitrogen and oxygen atoms in total. The number of piperazine rings is 1. The molecule has 1 aromatic heterocycles. The largest absolute Gasteiger partial charge is 0.497 e. The summed E-state index contributed by atoms with van der Waals surface area (Å²) in [4.78, 5) is 21.1. The Labute approximate surface area is 142 Å². The fourth-order valence-corrected chi connectivity index (χ4v) is 2.98. The van der Waals surface area contributed by atoms with E-state index in [1.165, 1.54) is 0 Å². The van der Waals surface area contributed by atoms with Gasteiger partial charge in [-0.1, -0.05) is 0 Å². The summed E-state index contributed by atoms with van der Waals surface area (Å²) < 4.78 is 7.30. The quantitative estimate of drug-likeness (QED) is 0.838. The highest BCUT2D eigenvalue weighted by Gasteiger charge is 2.22. The lowest BCUT2D eigenvalue weighted by Crippen LogP contribution is -2.49. The summed E-state index contributed by atoms with van der Waals surface area (Å²) in [5.41, 5.74) is 0.721. The highest BCUT2D eigenvalue weighted by molar-refractivity contribution is 5.94. The van der Waals surface area contributed by atoms with E-state index in [2.05, 4.69) is 14.5 Å². The van der Waals surface area contributed by atoms with Crippen LogP contribution in [0.25, 0.3) is 0 Å². The number of benzene rings is 1. The molecular formula is C18H24N4O2. The zero-order chi connectivity index (χ0) is 16.9. The molecule has 0 aliphatic carbocycles. The number of imidazole rings is 1. The fraction of sp³-hybridized carbons (Fsp3) is 0.444. The first-order chi connectivity index (χ1) is 11.7. The SMILES string of the molecule is COc1ccc(C(=O)N2CCN(CCn3ccnc3C)CC2)cc1. The molecular weight excluding hydrogens is 304 g/mol. The zero-order valence-corrected chi connectivity index (χ0v) is 14.3. The molecule has 24 heavy (non-hydrogen) atoms. The molecule has 0 saturated carbocycles. The maximum atomic E-state index is 12.5. The molecule has 0 N–H and O–H groups in total. The van der Waals surface area contributed by atoms with Gasteiger partial charge < -0.3 is 14.2 Å². The normalized spacial score (nSPS) is 15.5. The van der Waals surface area contributed by atoms with Crippen molar-refractivity contribution in [2.45, 2.75) is 13.5 Å². The molecule has 1 amide bonds. The Bertz CT molecular complexity index is 673. The van der Waals surface area contributed by atoms with Crippen LogP contribution >= 0.6 is 0 Å². The molecule has 6 heteroatoms. The third kappa shape index (κ3) is 3.76. The minimum absolute atomic E-state index is 0.0998. The van der Waals surface area contributed by atoms with E-state index in [1.807, 2.05) is 48.5 Å². The van der Waals surface area contributed by atoms with E-state index in [4.69, 9.17) is 4.74 Å². The Kier molecular flexibility index (Phi) is 5.15. The van der Waals surface area contributed by atoms with Crippen molar-refractivity contribution in [3.05, 3.63) is 48.0 Å². The number of carbonyl (C=O) groups is 1. The third-order valence-corrected chi connectivity index (χ3v) is 4.58. The number of aryl methyl sites for hydroxylation is 1. The lowest BCUT2D eigenvalue weighted by Gasteiger charge is -2.34. The highest BCUT2D eigenvalue weighted by atomic mass is 16.5. The topological polar surface area (TPSA) is 50.6 Å². The molecule has 1 aliphatic rings. The van der Waals surface area contributed by atoms with Gasteiger partial charge in [0.15, 0.2) is 0 Å². The number of nitrogens with zero attached hydrogens (tertiary/aromatic N) is 4. The number of amides is 1. The standard InChI is InChI=1S/C18H24N4O2/c1-15-19-7-8-21(15)12-9-20-10-13-22(14-11-20)18(23)16-3-5-17(24-2)6-4-16/h3-8H,9-14H2,1-2H3. The Morgan fingerprint density at radius 1 is 1.12 bits per heavy atom. The van der Waals surface area contributed by atoms with Crippen LogP contribution in [0.15, 0.2) is 36.7 Å². The van der Waals surface area contributed by atoms with E-state index in [0.29, 0.717) is 0 Å². The van der Waals surface area contributed by atoms with E-state index in [-0.39, 0.29) is 5.91 Å². The van der Waals surface area contributed by atoms with Crippen molar-refractivity contribution in [2.75, 3.05) is 39.8 Å². The van der Waals surface area contributed by atoms with Crippen LogP contribution in [0.3, 0.4) is 0 Å². The molecule has 0 radical (unpaired) electrons. The third-order valence-electron chi connectivity index (χ3n) is 4.58.